The topological polar surface area (TPSA) is 115 Å². The van der Waals surface area contributed by atoms with Gasteiger partial charge in [0.25, 0.3) is 0 Å². The highest BCUT2D eigenvalue weighted by molar-refractivity contribution is 7.22. The number of nitrogens with zero attached hydrogens (tertiary/aromatic N) is 2. The number of fused-ring (bicyclic) bond motifs is 1. The van der Waals surface area contributed by atoms with Crippen LogP contribution in [0.1, 0.15) is 69.8 Å². The van der Waals surface area contributed by atoms with Gasteiger partial charge in [-0.2, -0.15) is 0 Å². The van der Waals surface area contributed by atoms with E-state index in [1.165, 1.54) is 37.7 Å². The molecule has 1 aliphatic heterocycles. The fourth-order valence-corrected chi connectivity index (χ4v) is 8.18. The first-order valence-corrected chi connectivity index (χ1v) is 15.6. The number of thiazole rings is 1. The molecule has 3 fully saturated rings. The van der Waals surface area contributed by atoms with Crippen molar-refractivity contribution in [2.75, 3.05) is 25.6 Å². The molecular formula is C30H41FN4O4S. The lowest BCUT2D eigenvalue weighted by Crippen LogP contribution is -2.48. The van der Waals surface area contributed by atoms with Crippen LogP contribution in [0, 0.1) is 23.7 Å². The van der Waals surface area contributed by atoms with E-state index in [4.69, 9.17) is 5.73 Å². The maximum absolute atomic E-state index is 14.0. The molecule has 218 valence electrons. The number of hydrogen-bond donors (Lipinski definition) is 2. The van der Waals surface area contributed by atoms with Crippen LogP contribution < -0.4 is 11.1 Å². The number of hydrogen-bond acceptors (Lipinski definition) is 7. The summed E-state index contributed by atoms with van der Waals surface area (Å²) in [5, 5.41) is 3.04. The molecule has 5 rings (SSSR count). The number of amides is 2. The lowest BCUT2D eigenvalue weighted by atomic mass is 9.75. The zero-order valence-electron chi connectivity index (χ0n) is 23.3. The Balaban J connectivity index is 1.32. The molecule has 2 aliphatic carbocycles. The van der Waals surface area contributed by atoms with Gasteiger partial charge >= 0.3 is 6.09 Å². The Hall–Kier alpha value is -2.59. The van der Waals surface area contributed by atoms with Crippen LogP contribution in [-0.4, -0.2) is 60.1 Å². The van der Waals surface area contributed by atoms with E-state index >= 15 is 0 Å². The van der Waals surface area contributed by atoms with Crippen LogP contribution >= 0.6 is 11.3 Å². The largest absolute Gasteiger partial charge is 0.453 e. The van der Waals surface area contributed by atoms with Crippen LogP contribution in [0.5, 0.6) is 0 Å². The highest BCUT2D eigenvalue weighted by Crippen LogP contribution is 2.41. The second-order valence-corrected chi connectivity index (χ2v) is 12.9. The molecule has 0 unspecified atom stereocenters. The van der Waals surface area contributed by atoms with Crippen LogP contribution in [0.2, 0.25) is 0 Å². The number of halogens is 1. The molecule has 0 radical (unpaired) electrons. The highest BCUT2D eigenvalue weighted by Gasteiger charge is 2.46. The number of aromatic nitrogens is 1. The van der Waals surface area contributed by atoms with Gasteiger partial charge in [0.1, 0.15) is 6.67 Å². The first kappa shape index (κ1) is 28.9. The van der Waals surface area contributed by atoms with Gasteiger partial charge < -0.3 is 15.4 Å². The van der Waals surface area contributed by atoms with Crippen molar-refractivity contribution in [3.05, 3.63) is 23.8 Å². The molecule has 8 nitrogen and oxygen atoms in total. The molecule has 2 saturated carbocycles. The third-order valence-corrected chi connectivity index (χ3v) is 10.4. The van der Waals surface area contributed by atoms with Crippen molar-refractivity contribution in [1.82, 2.24) is 9.88 Å². The molecule has 3 aliphatic rings. The molecule has 0 spiro atoms. The average Bonchev–Trinajstić information content (AvgIpc) is 3.61. The van der Waals surface area contributed by atoms with Gasteiger partial charge in [-0.25, -0.2) is 14.2 Å². The van der Waals surface area contributed by atoms with Crippen LogP contribution in [0.3, 0.4) is 0 Å². The van der Waals surface area contributed by atoms with E-state index in [1.807, 2.05) is 23.1 Å². The molecule has 40 heavy (non-hydrogen) atoms. The summed E-state index contributed by atoms with van der Waals surface area (Å²) in [6, 6.07) is 4.90. The summed E-state index contributed by atoms with van der Waals surface area (Å²) >= 11 is 1.33. The monoisotopic (exact) mass is 572 g/mol. The number of ether oxygens (including phenoxy) is 1. The summed E-state index contributed by atoms with van der Waals surface area (Å²) in [7, 11) is 1.30. The minimum Gasteiger partial charge on any atom is -0.453 e. The lowest BCUT2D eigenvalue weighted by molar-refractivity contribution is -0.143. The summed E-state index contributed by atoms with van der Waals surface area (Å²) in [5.41, 5.74) is 7.58. The number of anilines is 1. The molecule has 0 bridgehead atoms. The molecule has 2 amide bonds. The number of Topliss-reactive ketones (excluding diaryl/α,β-unsaturated/α-hetero) is 1. The molecule has 1 aromatic carbocycles. The fourth-order valence-electron chi connectivity index (χ4n) is 7.26. The van der Waals surface area contributed by atoms with Crippen molar-refractivity contribution in [2.45, 2.75) is 82.7 Å². The number of nitrogens with one attached hydrogen (secondary N) is 1. The van der Waals surface area contributed by atoms with Crippen molar-refractivity contribution in [3.63, 3.8) is 0 Å². The summed E-state index contributed by atoms with van der Waals surface area (Å²) < 4.78 is 18.6. The van der Waals surface area contributed by atoms with E-state index in [1.54, 1.807) is 0 Å². The Morgan fingerprint density at radius 3 is 2.58 bits per heavy atom. The predicted octanol–water partition coefficient (Wildman–Crippen LogP) is 5.49. The normalized spacial score (nSPS) is 26.5. The minimum absolute atomic E-state index is 0.0976. The van der Waals surface area contributed by atoms with Gasteiger partial charge in [-0.1, -0.05) is 49.5 Å². The van der Waals surface area contributed by atoms with E-state index in [9.17, 15) is 18.8 Å². The highest BCUT2D eigenvalue weighted by atomic mass is 32.1. The average molecular weight is 573 g/mol. The van der Waals surface area contributed by atoms with Crippen LogP contribution in [0.4, 0.5) is 14.3 Å². The smallest absolute Gasteiger partial charge is 0.413 e. The zero-order valence-corrected chi connectivity index (χ0v) is 24.1. The summed E-state index contributed by atoms with van der Waals surface area (Å²) in [5.74, 6) is 0.903. The lowest BCUT2D eigenvalue weighted by Gasteiger charge is -2.37. The molecular weight excluding hydrogens is 531 g/mol. The Labute approximate surface area is 239 Å². The second-order valence-electron chi connectivity index (χ2n) is 11.8. The number of likely N-dealkylation sites (tertiary alicyclic amines) is 1. The number of alkyl halides is 1. The fraction of sp³-hybridized carbons (Fsp3) is 0.667. The van der Waals surface area contributed by atoms with E-state index < -0.39 is 24.9 Å². The van der Waals surface area contributed by atoms with Crippen molar-refractivity contribution in [1.29, 1.82) is 0 Å². The van der Waals surface area contributed by atoms with Crippen molar-refractivity contribution in [2.24, 2.45) is 29.4 Å². The summed E-state index contributed by atoms with van der Waals surface area (Å²) in [6.45, 7) is 0.113. The number of ketones is 1. The Bertz CT molecular complexity index is 1210. The molecule has 3 N–H and O–H groups in total. The quantitative estimate of drug-likeness (QED) is 0.433. The summed E-state index contributed by atoms with van der Waals surface area (Å²) in [4.78, 5) is 45.8. The molecule has 2 heterocycles. The zero-order chi connectivity index (χ0) is 28.2. The van der Waals surface area contributed by atoms with E-state index in [2.05, 4.69) is 15.0 Å². The Morgan fingerprint density at radius 2 is 1.88 bits per heavy atom. The van der Waals surface area contributed by atoms with Crippen molar-refractivity contribution in [3.8, 4) is 0 Å². The van der Waals surface area contributed by atoms with Crippen molar-refractivity contribution >= 4 is 44.5 Å². The predicted molar refractivity (Wildman–Crippen MR) is 154 cm³/mol. The van der Waals surface area contributed by atoms with E-state index in [0.29, 0.717) is 30.4 Å². The van der Waals surface area contributed by atoms with Crippen LogP contribution in [0.15, 0.2) is 18.2 Å². The first-order chi connectivity index (χ1) is 19.4. The van der Waals surface area contributed by atoms with Crippen LogP contribution in [0.25, 0.3) is 10.2 Å². The van der Waals surface area contributed by atoms with E-state index in [0.717, 1.165) is 47.9 Å². The van der Waals surface area contributed by atoms with Gasteiger partial charge in [-0.05, 0) is 67.6 Å². The first-order valence-electron chi connectivity index (χ1n) is 14.8. The number of methoxy groups -OCH3 is 1. The third kappa shape index (κ3) is 6.33. The van der Waals surface area contributed by atoms with E-state index in [-0.39, 0.29) is 35.9 Å². The Morgan fingerprint density at radius 1 is 1.12 bits per heavy atom. The number of benzene rings is 1. The van der Waals surface area contributed by atoms with Gasteiger partial charge in [0.05, 0.1) is 23.4 Å². The standard InChI is InChI=1S/C30H41FN4O4S/c1-39-30(38)34-29-33-24-12-7-18(16-26(24)40-29)15-25(36)27-22(19-5-3-2-4-6-19)13-14-35(27)28(37)21-10-8-20(9-11-21)23(32)17-31/h7,12,16,19-23,27H,2-6,8-11,13-15,17,32H2,1H3,(H,33,34,38)/t20?,21?,22-,23+,27-/m0/s1. The van der Waals surface area contributed by atoms with Gasteiger partial charge in [-0.15, -0.1) is 0 Å². The minimum atomic E-state index is -0.576. The molecule has 3 atom stereocenters. The number of carbonyl (C=O) groups is 3. The van der Waals surface area contributed by atoms with Crippen LogP contribution in [-0.2, 0) is 20.7 Å². The van der Waals surface area contributed by atoms with Gasteiger partial charge in [0.15, 0.2) is 10.9 Å². The number of rotatable bonds is 8. The van der Waals surface area contributed by atoms with Gasteiger partial charge in [0, 0.05) is 24.9 Å². The molecule has 10 heteroatoms. The van der Waals surface area contributed by atoms with Gasteiger partial charge in [0.2, 0.25) is 5.91 Å². The summed E-state index contributed by atoms with van der Waals surface area (Å²) in [6.07, 6.45) is 9.41. The third-order valence-electron chi connectivity index (χ3n) is 9.44. The number of carbonyl (C=O) groups excluding carboxylic acids is 3. The maximum Gasteiger partial charge on any atom is 0.413 e. The van der Waals surface area contributed by atoms with Gasteiger partial charge in [-0.3, -0.25) is 14.9 Å². The Kier molecular flexibility index (Phi) is 9.35. The molecule has 2 aromatic rings. The molecule has 1 aromatic heterocycles. The SMILES string of the molecule is COC(=O)Nc1nc2ccc(CC(=O)[C@@H]3[C@H](C4CCCCC4)CCN3C(=O)C3CCC([C@H](N)CF)CC3)cc2s1. The van der Waals surface area contributed by atoms with Crippen molar-refractivity contribution < 1.29 is 23.5 Å². The maximum atomic E-state index is 14.0. The second kappa shape index (κ2) is 12.9. The number of nitrogens with two attached hydrogens (primary N) is 1. The molecule has 1 saturated heterocycles.